The van der Waals surface area contributed by atoms with E-state index in [-0.39, 0.29) is 5.91 Å². The largest absolute Gasteiger partial charge is 0.335 e. The number of aromatic nitrogens is 1. The third kappa shape index (κ3) is 4.01. The summed E-state index contributed by atoms with van der Waals surface area (Å²) >= 11 is 1.54. The van der Waals surface area contributed by atoms with Gasteiger partial charge < -0.3 is 4.90 Å². The molecule has 2 rings (SSSR count). The van der Waals surface area contributed by atoms with Crippen LogP contribution in [-0.4, -0.2) is 53.4 Å². The van der Waals surface area contributed by atoms with Crippen LogP contribution < -0.4 is 0 Å². The zero-order valence-electron chi connectivity index (χ0n) is 12.1. The highest BCUT2D eigenvalue weighted by Crippen LogP contribution is 2.13. The zero-order chi connectivity index (χ0) is 13.8. The quantitative estimate of drug-likeness (QED) is 0.849. The van der Waals surface area contributed by atoms with E-state index in [1.54, 1.807) is 0 Å². The molecular formula is C14H23N3OS. The summed E-state index contributed by atoms with van der Waals surface area (Å²) in [5.74, 6) is 0.838. The van der Waals surface area contributed by atoms with Crippen molar-refractivity contribution in [2.24, 2.45) is 5.92 Å². The summed E-state index contributed by atoms with van der Waals surface area (Å²) in [4.78, 5) is 20.9. The van der Waals surface area contributed by atoms with Gasteiger partial charge in [0.15, 0.2) is 0 Å². The number of amides is 1. The molecule has 19 heavy (non-hydrogen) atoms. The molecule has 0 aromatic carbocycles. The van der Waals surface area contributed by atoms with Gasteiger partial charge in [-0.2, -0.15) is 0 Å². The molecule has 0 aliphatic carbocycles. The highest BCUT2D eigenvalue weighted by atomic mass is 32.1. The smallest absolute Gasteiger partial charge is 0.273 e. The van der Waals surface area contributed by atoms with Crippen LogP contribution in [0, 0.1) is 12.8 Å². The molecule has 0 unspecified atom stereocenters. The summed E-state index contributed by atoms with van der Waals surface area (Å²) in [7, 11) is 0. The topological polar surface area (TPSA) is 36.4 Å². The van der Waals surface area contributed by atoms with E-state index >= 15 is 0 Å². The number of hydrogen-bond donors (Lipinski definition) is 0. The Balaban J connectivity index is 1.81. The van der Waals surface area contributed by atoms with Crippen molar-refractivity contribution in [1.82, 2.24) is 14.8 Å². The number of carbonyl (C=O) groups is 1. The molecule has 1 aliphatic heterocycles. The van der Waals surface area contributed by atoms with E-state index in [1.807, 2.05) is 17.2 Å². The van der Waals surface area contributed by atoms with Gasteiger partial charge in [0.25, 0.3) is 5.91 Å². The average Bonchev–Trinajstić information content (AvgIpc) is 2.83. The van der Waals surface area contributed by atoms with E-state index in [1.165, 1.54) is 17.8 Å². The van der Waals surface area contributed by atoms with Crippen LogP contribution in [0.1, 0.15) is 35.8 Å². The van der Waals surface area contributed by atoms with Gasteiger partial charge in [0.05, 0.1) is 5.01 Å². The molecular weight excluding hydrogens is 258 g/mol. The van der Waals surface area contributed by atoms with Gasteiger partial charge >= 0.3 is 0 Å². The summed E-state index contributed by atoms with van der Waals surface area (Å²) in [6, 6.07) is 0. The number of thiazole rings is 1. The van der Waals surface area contributed by atoms with Crippen LogP contribution in [-0.2, 0) is 0 Å². The Bertz CT molecular complexity index is 422. The summed E-state index contributed by atoms with van der Waals surface area (Å²) in [6.45, 7) is 11.2. The monoisotopic (exact) mass is 281 g/mol. The van der Waals surface area contributed by atoms with Crippen LogP contribution in [0.25, 0.3) is 0 Å². The number of hydrogen-bond acceptors (Lipinski definition) is 4. The van der Waals surface area contributed by atoms with Crippen LogP contribution in [0.4, 0.5) is 0 Å². The Morgan fingerprint density at radius 1 is 1.37 bits per heavy atom. The molecule has 0 atom stereocenters. The molecule has 0 bridgehead atoms. The summed E-state index contributed by atoms with van der Waals surface area (Å²) in [5.41, 5.74) is 0.609. The third-order valence-electron chi connectivity index (χ3n) is 3.52. The Morgan fingerprint density at radius 2 is 2.05 bits per heavy atom. The van der Waals surface area contributed by atoms with Crippen molar-refractivity contribution in [2.45, 2.75) is 27.2 Å². The zero-order valence-corrected chi connectivity index (χ0v) is 12.9. The first kappa shape index (κ1) is 14.5. The molecule has 1 aromatic heterocycles. The second kappa shape index (κ2) is 6.48. The van der Waals surface area contributed by atoms with E-state index in [0.29, 0.717) is 5.69 Å². The third-order valence-corrected chi connectivity index (χ3v) is 4.29. The molecule has 4 nitrogen and oxygen atoms in total. The van der Waals surface area contributed by atoms with Crippen LogP contribution in [0.15, 0.2) is 5.38 Å². The first-order valence-electron chi connectivity index (χ1n) is 7.00. The number of piperazine rings is 1. The van der Waals surface area contributed by atoms with Gasteiger partial charge in [-0.1, -0.05) is 13.8 Å². The van der Waals surface area contributed by atoms with Crippen LogP contribution in [0.5, 0.6) is 0 Å². The number of carbonyl (C=O) groups excluding carboxylic acids is 1. The Hall–Kier alpha value is -0.940. The highest BCUT2D eigenvalue weighted by Gasteiger charge is 2.23. The summed E-state index contributed by atoms with van der Waals surface area (Å²) in [6.07, 6.45) is 1.24. The SMILES string of the molecule is Cc1nc(C(=O)N2CCN(CCC(C)C)CC2)cs1. The molecule has 0 saturated carbocycles. The molecule has 0 spiro atoms. The van der Waals surface area contributed by atoms with Crippen LogP contribution in [0.3, 0.4) is 0 Å². The van der Waals surface area contributed by atoms with Crippen molar-refractivity contribution in [2.75, 3.05) is 32.7 Å². The van der Waals surface area contributed by atoms with Gasteiger partial charge in [0, 0.05) is 31.6 Å². The summed E-state index contributed by atoms with van der Waals surface area (Å²) < 4.78 is 0. The van der Waals surface area contributed by atoms with Gasteiger partial charge in [-0.15, -0.1) is 11.3 Å². The van der Waals surface area contributed by atoms with Gasteiger partial charge in [0.2, 0.25) is 0 Å². The van der Waals surface area contributed by atoms with Gasteiger partial charge in [-0.05, 0) is 25.8 Å². The lowest BCUT2D eigenvalue weighted by molar-refractivity contribution is 0.0626. The second-order valence-electron chi connectivity index (χ2n) is 5.57. The fourth-order valence-corrected chi connectivity index (χ4v) is 2.83. The van der Waals surface area contributed by atoms with E-state index in [4.69, 9.17) is 0 Å². The van der Waals surface area contributed by atoms with E-state index in [9.17, 15) is 4.79 Å². The van der Waals surface area contributed by atoms with Crippen molar-refractivity contribution in [3.05, 3.63) is 16.1 Å². The average molecular weight is 281 g/mol. The Kier molecular flexibility index (Phi) is 4.93. The van der Waals surface area contributed by atoms with E-state index < -0.39 is 0 Å². The molecule has 1 amide bonds. The maximum absolute atomic E-state index is 12.2. The second-order valence-corrected chi connectivity index (χ2v) is 6.63. The highest BCUT2D eigenvalue weighted by molar-refractivity contribution is 7.09. The number of rotatable bonds is 4. The molecule has 1 saturated heterocycles. The Morgan fingerprint density at radius 3 is 2.58 bits per heavy atom. The van der Waals surface area contributed by atoms with E-state index in [0.717, 1.165) is 43.6 Å². The minimum absolute atomic E-state index is 0.0906. The standard InChI is InChI=1S/C14H23N3OS/c1-11(2)4-5-16-6-8-17(9-7-16)14(18)13-10-19-12(3)15-13/h10-11H,4-9H2,1-3H3. The van der Waals surface area contributed by atoms with Crippen molar-refractivity contribution in [3.8, 4) is 0 Å². The minimum atomic E-state index is 0.0906. The van der Waals surface area contributed by atoms with Gasteiger partial charge in [0.1, 0.15) is 5.69 Å². The normalized spacial score (nSPS) is 17.2. The van der Waals surface area contributed by atoms with Crippen LogP contribution >= 0.6 is 11.3 Å². The maximum Gasteiger partial charge on any atom is 0.273 e. The van der Waals surface area contributed by atoms with Crippen molar-refractivity contribution in [1.29, 1.82) is 0 Å². The van der Waals surface area contributed by atoms with Crippen LogP contribution in [0.2, 0.25) is 0 Å². The number of aryl methyl sites for hydroxylation is 1. The van der Waals surface area contributed by atoms with Crippen molar-refractivity contribution < 1.29 is 4.79 Å². The van der Waals surface area contributed by atoms with Gasteiger partial charge in [-0.25, -0.2) is 4.98 Å². The fourth-order valence-electron chi connectivity index (χ4n) is 2.24. The molecule has 2 heterocycles. The van der Waals surface area contributed by atoms with E-state index in [2.05, 4.69) is 23.7 Å². The minimum Gasteiger partial charge on any atom is -0.335 e. The maximum atomic E-state index is 12.2. The molecule has 0 N–H and O–H groups in total. The molecule has 5 heteroatoms. The fraction of sp³-hybridized carbons (Fsp3) is 0.714. The Labute approximate surface area is 119 Å². The lowest BCUT2D eigenvalue weighted by Gasteiger charge is -2.34. The molecule has 106 valence electrons. The lowest BCUT2D eigenvalue weighted by atomic mass is 10.1. The molecule has 1 aromatic rings. The first-order valence-corrected chi connectivity index (χ1v) is 7.88. The predicted octanol–water partition coefficient (Wildman–Crippen LogP) is 2.26. The van der Waals surface area contributed by atoms with Crippen molar-refractivity contribution in [3.63, 3.8) is 0 Å². The van der Waals surface area contributed by atoms with Crippen molar-refractivity contribution >= 4 is 17.2 Å². The molecule has 0 radical (unpaired) electrons. The first-order chi connectivity index (χ1) is 9.06. The lowest BCUT2D eigenvalue weighted by Crippen LogP contribution is -2.49. The summed E-state index contributed by atoms with van der Waals surface area (Å²) in [5, 5.41) is 2.82. The number of nitrogens with zero attached hydrogens (tertiary/aromatic N) is 3. The molecule has 1 aliphatic rings. The predicted molar refractivity (Wildman–Crippen MR) is 78.6 cm³/mol. The molecule has 1 fully saturated rings. The van der Waals surface area contributed by atoms with Gasteiger partial charge in [-0.3, -0.25) is 9.69 Å².